The van der Waals surface area contributed by atoms with E-state index in [1.54, 1.807) is 0 Å². The Balaban J connectivity index is 2.40. The van der Waals surface area contributed by atoms with Gasteiger partial charge in [-0.15, -0.1) is 0 Å². The van der Waals surface area contributed by atoms with Gasteiger partial charge >= 0.3 is 0 Å². The molecule has 0 unspecified atom stereocenters. The first-order valence-corrected chi connectivity index (χ1v) is 3.75. The quantitative estimate of drug-likeness (QED) is 0.577. The molecule has 1 fully saturated rings. The van der Waals surface area contributed by atoms with Crippen LogP contribution in [0.4, 0.5) is 0 Å². The Bertz CT molecular complexity index is 64.1. The Labute approximate surface area is 59.7 Å². The summed E-state index contributed by atoms with van der Waals surface area (Å²) >= 11 is 6.87. The molecule has 0 N–H and O–H groups in total. The second-order valence-electron chi connectivity index (χ2n) is 1.66. The van der Waals surface area contributed by atoms with Gasteiger partial charge in [-0.2, -0.15) is 0 Å². The molecule has 0 aromatic rings. The van der Waals surface area contributed by atoms with Crippen LogP contribution in [0.5, 0.6) is 0 Å². The summed E-state index contributed by atoms with van der Waals surface area (Å²) in [5.41, 5.74) is 0. The largest absolute Gasteiger partial charge is 0.379 e. The van der Waals surface area contributed by atoms with Crippen LogP contribution in [0.15, 0.2) is 0 Å². The first-order valence-electron chi connectivity index (χ1n) is 2.16. The van der Waals surface area contributed by atoms with Crippen LogP contribution in [0.3, 0.4) is 0 Å². The molecule has 1 aliphatic rings. The van der Waals surface area contributed by atoms with Crippen LogP contribution in [-0.2, 0) is 4.74 Å². The van der Waals surface area contributed by atoms with Crippen molar-refractivity contribution in [2.24, 2.45) is 0 Å². The lowest BCUT2D eigenvalue weighted by atomic mass is 10.4. The van der Waals surface area contributed by atoms with Crippen LogP contribution >= 0.6 is 31.9 Å². The van der Waals surface area contributed by atoms with Crippen LogP contribution < -0.4 is 0 Å². The molecule has 0 aromatic heterocycles. The highest BCUT2D eigenvalue weighted by Gasteiger charge is 2.27. The zero-order chi connectivity index (χ0) is 5.33. The van der Waals surface area contributed by atoms with Gasteiger partial charge in [-0.3, -0.25) is 0 Å². The van der Waals surface area contributed by atoms with Gasteiger partial charge < -0.3 is 4.74 Å². The summed E-state index contributed by atoms with van der Waals surface area (Å²) in [6.45, 7) is 1.66. The van der Waals surface area contributed by atoms with E-state index in [1.807, 2.05) is 0 Å². The summed E-state index contributed by atoms with van der Waals surface area (Å²) in [6.07, 6.45) is 1.06. The SMILES string of the molecule is BrC1(Br)CCOC1. The van der Waals surface area contributed by atoms with E-state index >= 15 is 0 Å². The Morgan fingerprint density at radius 2 is 2.14 bits per heavy atom. The zero-order valence-electron chi connectivity index (χ0n) is 3.79. The van der Waals surface area contributed by atoms with E-state index < -0.39 is 0 Å². The van der Waals surface area contributed by atoms with E-state index in [0.29, 0.717) is 0 Å². The van der Waals surface area contributed by atoms with Gasteiger partial charge in [-0.1, -0.05) is 31.9 Å². The van der Waals surface area contributed by atoms with Crippen molar-refractivity contribution < 1.29 is 4.74 Å². The topological polar surface area (TPSA) is 9.23 Å². The van der Waals surface area contributed by atoms with Gasteiger partial charge in [0.2, 0.25) is 0 Å². The maximum atomic E-state index is 5.07. The molecule has 1 saturated heterocycles. The first kappa shape index (κ1) is 6.05. The molecule has 1 nitrogen and oxygen atoms in total. The number of ether oxygens (including phenoxy) is 1. The molecular weight excluding hydrogens is 224 g/mol. The minimum atomic E-state index is 0.0972. The van der Waals surface area contributed by atoms with Crippen LogP contribution in [0.1, 0.15) is 6.42 Å². The van der Waals surface area contributed by atoms with Crippen LogP contribution in [-0.4, -0.2) is 16.4 Å². The van der Waals surface area contributed by atoms with Crippen LogP contribution in [0.25, 0.3) is 0 Å². The molecule has 0 atom stereocenters. The van der Waals surface area contributed by atoms with Crippen molar-refractivity contribution in [1.82, 2.24) is 0 Å². The Kier molecular flexibility index (Phi) is 1.76. The highest BCUT2D eigenvalue weighted by Crippen LogP contribution is 2.34. The van der Waals surface area contributed by atoms with E-state index in [-0.39, 0.29) is 3.23 Å². The van der Waals surface area contributed by atoms with Crippen molar-refractivity contribution >= 4 is 31.9 Å². The van der Waals surface area contributed by atoms with Gasteiger partial charge in [-0.05, 0) is 6.42 Å². The van der Waals surface area contributed by atoms with E-state index in [1.165, 1.54) is 0 Å². The maximum absolute atomic E-state index is 5.07. The average molecular weight is 230 g/mol. The minimum absolute atomic E-state index is 0.0972. The fraction of sp³-hybridized carbons (Fsp3) is 1.00. The van der Waals surface area contributed by atoms with E-state index in [9.17, 15) is 0 Å². The number of hydrogen-bond acceptors (Lipinski definition) is 1. The summed E-state index contributed by atoms with van der Waals surface area (Å²) in [4.78, 5) is 0. The summed E-state index contributed by atoms with van der Waals surface area (Å²) in [6, 6.07) is 0. The predicted molar refractivity (Wildman–Crippen MR) is 36.0 cm³/mol. The highest BCUT2D eigenvalue weighted by atomic mass is 79.9. The summed E-state index contributed by atoms with van der Waals surface area (Å²) in [7, 11) is 0. The normalized spacial score (nSPS) is 28.3. The Morgan fingerprint density at radius 3 is 2.29 bits per heavy atom. The molecule has 0 saturated carbocycles. The smallest absolute Gasteiger partial charge is 0.106 e. The molecule has 1 aliphatic heterocycles. The zero-order valence-corrected chi connectivity index (χ0v) is 6.96. The Hall–Kier alpha value is 0.920. The molecule has 0 bridgehead atoms. The fourth-order valence-corrected chi connectivity index (χ4v) is 1.16. The molecule has 0 spiro atoms. The number of hydrogen-bond donors (Lipinski definition) is 0. The third-order valence-corrected chi connectivity index (χ3v) is 2.18. The van der Waals surface area contributed by atoms with Gasteiger partial charge in [0, 0.05) is 6.61 Å². The predicted octanol–water partition coefficient (Wildman–Crippen LogP) is 1.89. The Morgan fingerprint density at radius 1 is 1.43 bits per heavy atom. The second-order valence-corrected chi connectivity index (χ2v) is 5.76. The van der Waals surface area contributed by atoms with Gasteiger partial charge in [-0.25, -0.2) is 0 Å². The lowest BCUT2D eigenvalue weighted by molar-refractivity contribution is 0.198. The molecule has 1 heterocycles. The molecule has 7 heavy (non-hydrogen) atoms. The standard InChI is InChI=1S/C4H6Br2O/c5-4(6)1-2-7-3-4/h1-3H2. The third kappa shape index (κ3) is 1.70. The summed E-state index contributed by atoms with van der Waals surface area (Å²) in [5.74, 6) is 0. The maximum Gasteiger partial charge on any atom is 0.106 e. The van der Waals surface area contributed by atoms with Crippen molar-refractivity contribution in [1.29, 1.82) is 0 Å². The lowest BCUT2D eigenvalue weighted by Gasteiger charge is -2.05. The van der Waals surface area contributed by atoms with E-state index in [0.717, 1.165) is 19.6 Å². The van der Waals surface area contributed by atoms with Gasteiger partial charge in [0.15, 0.2) is 0 Å². The molecule has 42 valence electrons. The molecule has 1 rings (SSSR count). The lowest BCUT2D eigenvalue weighted by Crippen LogP contribution is -2.08. The average Bonchev–Trinajstić information content (AvgIpc) is 1.84. The summed E-state index contributed by atoms with van der Waals surface area (Å²) < 4.78 is 5.16. The molecule has 0 radical (unpaired) electrons. The molecular formula is C4H6Br2O. The second kappa shape index (κ2) is 2.03. The number of rotatable bonds is 0. The molecule has 0 aliphatic carbocycles. The van der Waals surface area contributed by atoms with E-state index in [4.69, 9.17) is 4.74 Å². The minimum Gasteiger partial charge on any atom is -0.379 e. The first-order chi connectivity index (χ1) is 3.21. The van der Waals surface area contributed by atoms with Crippen LogP contribution in [0.2, 0.25) is 0 Å². The molecule has 3 heteroatoms. The van der Waals surface area contributed by atoms with E-state index in [2.05, 4.69) is 31.9 Å². The van der Waals surface area contributed by atoms with Crippen molar-refractivity contribution in [2.75, 3.05) is 13.2 Å². The number of halogens is 2. The van der Waals surface area contributed by atoms with Gasteiger partial charge in [0.05, 0.1) is 6.61 Å². The van der Waals surface area contributed by atoms with Gasteiger partial charge in [0.1, 0.15) is 3.23 Å². The highest BCUT2D eigenvalue weighted by molar-refractivity contribution is 9.25. The third-order valence-electron chi connectivity index (χ3n) is 0.925. The van der Waals surface area contributed by atoms with Crippen molar-refractivity contribution in [2.45, 2.75) is 9.65 Å². The van der Waals surface area contributed by atoms with Crippen molar-refractivity contribution in [3.63, 3.8) is 0 Å². The van der Waals surface area contributed by atoms with Crippen molar-refractivity contribution in [3.8, 4) is 0 Å². The van der Waals surface area contributed by atoms with Crippen molar-refractivity contribution in [3.05, 3.63) is 0 Å². The van der Waals surface area contributed by atoms with Gasteiger partial charge in [0.25, 0.3) is 0 Å². The number of alkyl halides is 2. The van der Waals surface area contributed by atoms with Crippen LogP contribution in [0, 0.1) is 0 Å². The summed E-state index contributed by atoms with van der Waals surface area (Å²) in [5, 5.41) is 0. The fourth-order valence-electron chi connectivity index (χ4n) is 0.515. The molecule has 0 aromatic carbocycles. The molecule has 0 amide bonds. The monoisotopic (exact) mass is 228 g/mol.